The van der Waals surface area contributed by atoms with Crippen molar-refractivity contribution < 1.29 is 22.3 Å². The van der Waals surface area contributed by atoms with Crippen LogP contribution in [0.25, 0.3) is 11.7 Å². The number of fused-ring (bicyclic) bond motifs is 1. The van der Waals surface area contributed by atoms with Gasteiger partial charge in [0.15, 0.2) is 5.65 Å². The molecule has 1 aliphatic carbocycles. The highest BCUT2D eigenvalue weighted by Gasteiger charge is 2.34. The Hall–Kier alpha value is -3.49. The molecular formula is C23H19ClF4N6O. The van der Waals surface area contributed by atoms with Gasteiger partial charge < -0.3 is 9.64 Å². The molecule has 12 heteroatoms. The fourth-order valence-electron chi connectivity index (χ4n) is 3.83. The zero-order chi connectivity index (χ0) is 25.3. The van der Waals surface area contributed by atoms with Gasteiger partial charge in [-0.1, -0.05) is 24.3 Å². The molecule has 1 saturated heterocycles. The second-order valence-corrected chi connectivity index (χ2v) is 8.19. The molecule has 0 aromatic carbocycles. The van der Waals surface area contributed by atoms with E-state index in [9.17, 15) is 22.8 Å². The highest BCUT2D eigenvalue weighted by molar-refractivity contribution is 6.35. The van der Waals surface area contributed by atoms with Gasteiger partial charge >= 0.3 is 0 Å². The number of ether oxygens (including phenoxy) is 1. The third kappa shape index (κ3) is 4.85. The first-order valence-corrected chi connectivity index (χ1v) is 10.8. The van der Waals surface area contributed by atoms with E-state index in [2.05, 4.69) is 21.7 Å². The summed E-state index contributed by atoms with van der Waals surface area (Å²) >= 11 is 6.10. The van der Waals surface area contributed by atoms with E-state index in [4.69, 9.17) is 16.3 Å². The number of rotatable bonds is 7. The lowest BCUT2D eigenvalue weighted by Crippen LogP contribution is -2.53. The Labute approximate surface area is 203 Å². The van der Waals surface area contributed by atoms with Gasteiger partial charge in [0.1, 0.15) is 29.8 Å². The van der Waals surface area contributed by atoms with Gasteiger partial charge in [-0.3, -0.25) is 4.99 Å². The van der Waals surface area contributed by atoms with Crippen LogP contribution in [-0.4, -0.2) is 52.5 Å². The lowest BCUT2D eigenvalue weighted by Gasteiger charge is -2.41. The van der Waals surface area contributed by atoms with Crippen LogP contribution in [-0.2, 0) is 4.74 Å². The number of nitrogens with zero attached hydrogens (tertiary/aromatic N) is 6. The molecule has 35 heavy (non-hydrogen) atoms. The lowest BCUT2D eigenvalue weighted by atomic mass is 10.0. The number of hydrogen-bond acceptors (Lipinski definition) is 6. The van der Waals surface area contributed by atoms with E-state index in [1.54, 1.807) is 42.2 Å². The number of hydrogen-bond donors (Lipinski definition) is 0. The van der Waals surface area contributed by atoms with E-state index < -0.39 is 31.3 Å². The Morgan fingerprint density at radius 1 is 1.34 bits per heavy atom. The van der Waals surface area contributed by atoms with Crippen LogP contribution in [0, 0.1) is 18.3 Å². The van der Waals surface area contributed by atoms with Crippen LogP contribution in [0.15, 0.2) is 46.6 Å². The molecule has 0 N–H and O–H groups in total. The van der Waals surface area contributed by atoms with Crippen molar-refractivity contribution in [1.82, 2.24) is 14.6 Å². The lowest BCUT2D eigenvalue weighted by molar-refractivity contribution is -0.0338. The van der Waals surface area contributed by atoms with E-state index in [1.807, 2.05) is 0 Å². The summed E-state index contributed by atoms with van der Waals surface area (Å²) in [6.07, 6.45) is 2.10. The van der Waals surface area contributed by atoms with Gasteiger partial charge in [-0.2, -0.15) is 14.9 Å². The number of allylic oxidation sites excluding steroid dienone is 5. The van der Waals surface area contributed by atoms with Crippen molar-refractivity contribution in [3.63, 3.8) is 0 Å². The SMILES string of the molecule is C=CN=C1C=C(Cl)C=C/C1=C\c1c(C)nc2c(C#N)c(C(F)F)nn2c1N1CC(OCC(F)F)C1. The maximum atomic E-state index is 13.6. The summed E-state index contributed by atoms with van der Waals surface area (Å²) in [5.74, 6) is 0.382. The van der Waals surface area contributed by atoms with Gasteiger partial charge in [0.05, 0.1) is 17.5 Å². The van der Waals surface area contributed by atoms with Crippen molar-refractivity contribution in [2.45, 2.75) is 25.9 Å². The van der Waals surface area contributed by atoms with Crippen LogP contribution in [0.1, 0.15) is 28.9 Å². The fraction of sp³-hybridized carbons (Fsp3) is 0.304. The summed E-state index contributed by atoms with van der Waals surface area (Å²) in [5, 5.41) is 14.0. The minimum absolute atomic E-state index is 0.0171. The van der Waals surface area contributed by atoms with Gasteiger partial charge in [-0.15, -0.1) is 0 Å². The molecule has 182 valence electrons. The van der Waals surface area contributed by atoms with Gasteiger partial charge in [0, 0.05) is 35.5 Å². The fourth-order valence-corrected chi connectivity index (χ4v) is 4.00. The largest absolute Gasteiger partial charge is 0.369 e. The standard InChI is InChI=1S/C23H19ClF4N6O/c1-3-30-18-7-14(24)5-4-13(18)6-16-12(2)31-22-17(8-29)20(21(27)28)32-34(22)23(16)33-9-15(10-33)35-11-19(25)26/h3-7,15,19,21H,1,9-11H2,2H3/b13-6+,30-18?. The molecular weight excluding hydrogens is 488 g/mol. The monoisotopic (exact) mass is 506 g/mol. The molecule has 0 amide bonds. The third-order valence-corrected chi connectivity index (χ3v) is 5.67. The smallest absolute Gasteiger partial charge is 0.283 e. The molecule has 1 aliphatic heterocycles. The summed E-state index contributed by atoms with van der Waals surface area (Å²) in [7, 11) is 0. The predicted molar refractivity (Wildman–Crippen MR) is 124 cm³/mol. The second-order valence-electron chi connectivity index (χ2n) is 7.75. The molecule has 1 fully saturated rings. The minimum Gasteiger partial charge on any atom is -0.369 e. The number of anilines is 1. The zero-order valence-corrected chi connectivity index (χ0v) is 19.2. The van der Waals surface area contributed by atoms with Crippen molar-refractivity contribution in [2.75, 3.05) is 24.6 Å². The maximum Gasteiger partial charge on any atom is 0.283 e. The number of aromatic nitrogens is 3. The highest BCUT2D eigenvalue weighted by atomic mass is 35.5. The van der Waals surface area contributed by atoms with E-state index in [1.165, 1.54) is 10.7 Å². The number of aliphatic imine (C=N–C) groups is 1. The molecule has 0 unspecified atom stereocenters. The molecule has 0 saturated carbocycles. The van der Waals surface area contributed by atoms with E-state index in [0.29, 0.717) is 33.4 Å². The second kappa shape index (κ2) is 10.0. The Morgan fingerprint density at radius 2 is 2.09 bits per heavy atom. The van der Waals surface area contributed by atoms with Crippen molar-refractivity contribution in [3.05, 3.63) is 64.1 Å². The van der Waals surface area contributed by atoms with Crippen LogP contribution in [0.4, 0.5) is 23.4 Å². The first-order valence-electron chi connectivity index (χ1n) is 10.5. The number of halogens is 5. The molecule has 0 bridgehead atoms. The van der Waals surface area contributed by atoms with Crippen molar-refractivity contribution in [3.8, 4) is 6.07 Å². The maximum absolute atomic E-state index is 13.6. The molecule has 0 atom stereocenters. The van der Waals surface area contributed by atoms with Crippen molar-refractivity contribution in [2.24, 2.45) is 4.99 Å². The first-order chi connectivity index (χ1) is 16.7. The quantitative estimate of drug-likeness (QED) is 0.495. The highest BCUT2D eigenvalue weighted by Crippen LogP contribution is 2.34. The average molecular weight is 507 g/mol. The first kappa shape index (κ1) is 24.6. The summed E-state index contributed by atoms with van der Waals surface area (Å²) in [5.41, 5.74) is 1.12. The summed E-state index contributed by atoms with van der Waals surface area (Å²) in [6, 6.07) is 1.77. The molecule has 4 rings (SSSR count). The predicted octanol–water partition coefficient (Wildman–Crippen LogP) is 4.98. The van der Waals surface area contributed by atoms with Gasteiger partial charge in [-0.05, 0) is 25.2 Å². The third-order valence-electron chi connectivity index (χ3n) is 5.44. The van der Waals surface area contributed by atoms with Crippen molar-refractivity contribution >= 4 is 34.9 Å². The van der Waals surface area contributed by atoms with E-state index in [-0.39, 0.29) is 24.3 Å². The number of aryl methyl sites for hydroxylation is 1. The molecule has 0 spiro atoms. The van der Waals surface area contributed by atoms with Gasteiger partial charge in [0.25, 0.3) is 12.9 Å². The van der Waals surface area contributed by atoms with Crippen LogP contribution in [0.2, 0.25) is 0 Å². The molecule has 7 nitrogen and oxygen atoms in total. The topological polar surface area (TPSA) is 78.8 Å². The van der Waals surface area contributed by atoms with E-state index >= 15 is 0 Å². The molecule has 0 radical (unpaired) electrons. The molecule has 2 aromatic rings. The summed E-state index contributed by atoms with van der Waals surface area (Å²) in [4.78, 5) is 10.4. The average Bonchev–Trinajstić information content (AvgIpc) is 3.14. The van der Waals surface area contributed by atoms with Crippen LogP contribution in [0.3, 0.4) is 0 Å². The van der Waals surface area contributed by atoms with Crippen molar-refractivity contribution in [1.29, 1.82) is 5.26 Å². The van der Waals surface area contributed by atoms with Crippen LogP contribution in [0.5, 0.6) is 0 Å². The molecule has 2 aromatic heterocycles. The summed E-state index contributed by atoms with van der Waals surface area (Å²) < 4.78 is 58.7. The van der Waals surface area contributed by atoms with E-state index in [0.717, 1.165) is 0 Å². The Kier molecular flexibility index (Phi) is 7.05. The van der Waals surface area contributed by atoms with Gasteiger partial charge in [0.2, 0.25) is 0 Å². The zero-order valence-electron chi connectivity index (χ0n) is 18.4. The normalized spacial score (nSPS) is 18.6. The number of nitriles is 1. The Balaban J connectivity index is 1.87. The Morgan fingerprint density at radius 3 is 2.71 bits per heavy atom. The van der Waals surface area contributed by atoms with Crippen LogP contribution < -0.4 is 4.90 Å². The Bertz CT molecular complexity index is 1330. The summed E-state index contributed by atoms with van der Waals surface area (Å²) in [6.45, 7) is 5.04. The van der Waals surface area contributed by atoms with Gasteiger partial charge in [-0.25, -0.2) is 22.5 Å². The van der Waals surface area contributed by atoms with Crippen LogP contribution >= 0.6 is 11.6 Å². The molecule has 2 aliphatic rings. The minimum atomic E-state index is -2.99. The number of alkyl halides is 4. The molecule has 3 heterocycles.